The van der Waals surface area contributed by atoms with Gasteiger partial charge >= 0.3 is 0 Å². The van der Waals surface area contributed by atoms with Gasteiger partial charge in [0.2, 0.25) is 10.0 Å². The molecule has 1 N–H and O–H groups in total. The largest absolute Gasteiger partial charge is 0.224 e. The zero-order valence-corrected chi connectivity index (χ0v) is 4.25. The van der Waals surface area contributed by atoms with Gasteiger partial charge in [0.15, 0.2) is 0 Å². The average Bonchev–Trinajstić information content (AvgIpc) is 1.35. The SMILES string of the molecule is CCS([NH])(=O)=O. The van der Waals surface area contributed by atoms with Crippen LogP contribution in [0.1, 0.15) is 6.92 Å². The second kappa shape index (κ2) is 1.57. The van der Waals surface area contributed by atoms with Gasteiger partial charge in [0.05, 0.1) is 5.75 Å². The predicted molar refractivity (Wildman–Crippen MR) is 22.6 cm³/mol. The van der Waals surface area contributed by atoms with Gasteiger partial charge in [0.1, 0.15) is 0 Å². The van der Waals surface area contributed by atoms with Crippen molar-refractivity contribution >= 4 is 10.0 Å². The maximum Gasteiger partial charge on any atom is 0.224 e. The number of hydrogen-bond donors (Lipinski definition) is 0. The molecule has 0 aromatic heterocycles. The van der Waals surface area contributed by atoms with Crippen molar-refractivity contribution in [1.29, 1.82) is 0 Å². The van der Waals surface area contributed by atoms with Crippen molar-refractivity contribution in [1.82, 2.24) is 5.14 Å². The summed E-state index contributed by atoms with van der Waals surface area (Å²) < 4.78 is 19.3. The standard InChI is InChI=1S/C2H6NO2S/c1-2-6(3,4)5/h3H,2H2,1H3. The third-order valence-electron chi connectivity index (χ3n) is 0.380. The lowest BCUT2D eigenvalue weighted by molar-refractivity contribution is 0.597. The second-order valence-electron chi connectivity index (χ2n) is 0.903. The third-order valence-corrected chi connectivity index (χ3v) is 1.14. The molecule has 0 aliphatic carbocycles. The molecule has 0 fully saturated rings. The number of sulfonamides is 1. The summed E-state index contributed by atoms with van der Waals surface area (Å²) in [6, 6.07) is 0. The summed E-state index contributed by atoms with van der Waals surface area (Å²) in [5, 5.41) is 6.15. The third kappa shape index (κ3) is 3.91. The Morgan fingerprint density at radius 1 is 1.67 bits per heavy atom. The first-order valence-electron chi connectivity index (χ1n) is 1.53. The highest BCUT2D eigenvalue weighted by atomic mass is 32.2. The van der Waals surface area contributed by atoms with Crippen LogP contribution in [0.3, 0.4) is 0 Å². The van der Waals surface area contributed by atoms with E-state index < -0.39 is 10.0 Å². The van der Waals surface area contributed by atoms with Crippen LogP contribution in [0.25, 0.3) is 0 Å². The fourth-order valence-electron chi connectivity index (χ4n) is 0. The van der Waals surface area contributed by atoms with Crippen molar-refractivity contribution < 1.29 is 8.42 Å². The van der Waals surface area contributed by atoms with Gasteiger partial charge in [0, 0.05) is 0 Å². The lowest BCUT2D eigenvalue weighted by Crippen LogP contribution is -2.00. The summed E-state index contributed by atoms with van der Waals surface area (Å²) in [6.07, 6.45) is 0. The Labute approximate surface area is 37.2 Å². The first-order valence-corrected chi connectivity index (χ1v) is 3.19. The molecular weight excluding hydrogens is 102 g/mol. The Kier molecular flexibility index (Phi) is 1.55. The summed E-state index contributed by atoms with van der Waals surface area (Å²) in [4.78, 5) is 0. The van der Waals surface area contributed by atoms with E-state index in [1.54, 1.807) is 0 Å². The highest BCUT2D eigenvalue weighted by Crippen LogP contribution is 1.72. The minimum atomic E-state index is -3.41. The summed E-state index contributed by atoms with van der Waals surface area (Å²) in [7, 11) is -3.41. The minimum Gasteiger partial charge on any atom is -0.211 e. The molecule has 0 saturated heterocycles. The fourth-order valence-corrected chi connectivity index (χ4v) is 0. The van der Waals surface area contributed by atoms with E-state index in [4.69, 9.17) is 5.14 Å². The molecule has 0 amide bonds. The lowest BCUT2D eigenvalue weighted by atomic mass is 11.0. The first kappa shape index (κ1) is 5.91. The van der Waals surface area contributed by atoms with Gasteiger partial charge in [0.25, 0.3) is 0 Å². The van der Waals surface area contributed by atoms with Gasteiger partial charge in [-0.25, -0.2) is 8.42 Å². The summed E-state index contributed by atoms with van der Waals surface area (Å²) in [5.74, 6) is -0.0903. The van der Waals surface area contributed by atoms with Crippen LogP contribution in [-0.2, 0) is 10.0 Å². The molecule has 0 aliphatic heterocycles. The molecule has 0 bridgehead atoms. The first-order chi connectivity index (χ1) is 2.56. The van der Waals surface area contributed by atoms with Crippen molar-refractivity contribution in [2.45, 2.75) is 6.92 Å². The summed E-state index contributed by atoms with van der Waals surface area (Å²) >= 11 is 0. The van der Waals surface area contributed by atoms with Gasteiger partial charge in [-0.2, -0.15) is 0 Å². The molecule has 0 heterocycles. The van der Waals surface area contributed by atoms with E-state index in [1.165, 1.54) is 6.92 Å². The van der Waals surface area contributed by atoms with E-state index >= 15 is 0 Å². The Balaban J connectivity index is 3.85. The van der Waals surface area contributed by atoms with E-state index in [0.29, 0.717) is 0 Å². The monoisotopic (exact) mass is 108 g/mol. The molecule has 37 valence electrons. The zero-order chi connectivity index (χ0) is 5.21. The van der Waals surface area contributed by atoms with Gasteiger partial charge in [-0.1, -0.05) is 0 Å². The minimum absolute atomic E-state index is 0.0903. The van der Waals surface area contributed by atoms with Crippen LogP contribution < -0.4 is 5.14 Å². The van der Waals surface area contributed by atoms with Gasteiger partial charge in [-0.3, -0.25) is 0 Å². The van der Waals surface area contributed by atoms with E-state index in [1.807, 2.05) is 0 Å². The van der Waals surface area contributed by atoms with Gasteiger partial charge in [-0.05, 0) is 6.92 Å². The zero-order valence-electron chi connectivity index (χ0n) is 3.43. The van der Waals surface area contributed by atoms with E-state index in [2.05, 4.69) is 0 Å². The highest BCUT2D eigenvalue weighted by Gasteiger charge is 1.92. The van der Waals surface area contributed by atoms with Crippen LogP contribution in [0.2, 0.25) is 0 Å². The number of hydrogen-bond acceptors (Lipinski definition) is 2. The molecule has 6 heavy (non-hydrogen) atoms. The molecule has 0 rings (SSSR count). The van der Waals surface area contributed by atoms with E-state index in [0.717, 1.165) is 0 Å². The molecule has 0 aliphatic rings. The van der Waals surface area contributed by atoms with Crippen LogP contribution in [0.15, 0.2) is 0 Å². The molecule has 0 unspecified atom stereocenters. The Hall–Kier alpha value is -0.0900. The lowest BCUT2D eigenvalue weighted by Gasteiger charge is -1.79. The molecule has 0 spiro atoms. The normalized spacial score (nSPS) is 11.7. The number of rotatable bonds is 1. The molecular formula is C2H6NO2S. The van der Waals surface area contributed by atoms with Crippen molar-refractivity contribution in [2.24, 2.45) is 0 Å². The van der Waals surface area contributed by atoms with Crippen molar-refractivity contribution in [3.05, 3.63) is 0 Å². The molecule has 3 nitrogen and oxygen atoms in total. The Morgan fingerprint density at radius 2 is 1.83 bits per heavy atom. The van der Waals surface area contributed by atoms with Gasteiger partial charge < -0.3 is 0 Å². The highest BCUT2D eigenvalue weighted by molar-refractivity contribution is 7.88. The van der Waals surface area contributed by atoms with Crippen molar-refractivity contribution in [3.8, 4) is 0 Å². The molecule has 1 radical (unpaired) electrons. The molecule has 0 aromatic carbocycles. The Morgan fingerprint density at radius 3 is 1.83 bits per heavy atom. The molecule has 0 aromatic rings. The maximum absolute atomic E-state index is 9.67. The summed E-state index contributed by atoms with van der Waals surface area (Å²) in [5.41, 5.74) is 0. The second-order valence-corrected chi connectivity index (χ2v) is 2.71. The fraction of sp³-hybridized carbons (Fsp3) is 1.00. The van der Waals surface area contributed by atoms with Crippen LogP contribution in [0, 0.1) is 0 Å². The predicted octanol–water partition coefficient (Wildman–Crippen LogP) is -0.381. The van der Waals surface area contributed by atoms with Crippen LogP contribution >= 0.6 is 0 Å². The molecule has 0 atom stereocenters. The Bertz CT molecular complexity index is 114. The quantitative estimate of drug-likeness (QED) is 0.459. The van der Waals surface area contributed by atoms with Crippen molar-refractivity contribution in [2.75, 3.05) is 5.75 Å². The average molecular weight is 108 g/mol. The van der Waals surface area contributed by atoms with Crippen LogP contribution in [0.4, 0.5) is 0 Å². The van der Waals surface area contributed by atoms with Crippen LogP contribution in [0.5, 0.6) is 0 Å². The van der Waals surface area contributed by atoms with Crippen LogP contribution in [-0.4, -0.2) is 14.2 Å². The molecule has 4 heteroatoms. The molecule has 0 saturated carbocycles. The maximum atomic E-state index is 9.67. The van der Waals surface area contributed by atoms with E-state index in [-0.39, 0.29) is 5.75 Å². The summed E-state index contributed by atoms with van der Waals surface area (Å²) in [6.45, 7) is 1.43. The van der Waals surface area contributed by atoms with E-state index in [9.17, 15) is 8.42 Å². The van der Waals surface area contributed by atoms with Crippen molar-refractivity contribution in [3.63, 3.8) is 0 Å². The number of nitrogens with one attached hydrogen (secondary N) is 1. The van der Waals surface area contributed by atoms with Gasteiger partial charge in [-0.15, -0.1) is 5.14 Å². The smallest absolute Gasteiger partial charge is 0.211 e. The topological polar surface area (TPSA) is 57.9 Å².